The molecule has 0 N–H and O–H groups in total. The van der Waals surface area contributed by atoms with E-state index in [-0.39, 0.29) is 12.4 Å². The Morgan fingerprint density at radius 3 is 2.57 bits per heavy atom. The number of rotatable bonds is 4. The summed E-state index contributed by atoms with van der Waals surface area (Å²) in [6, 6.07) is 3.36. The molecule has 1 aromatic carbocycles. The van der Waals surface area contributed by atoms with E-state index < -0.39 is 24.5 Å². The molecule has 1 nitrogen and oxygen atoms in total. The van der Waals surface area contributed by atoms with Gasteiger partial charge in [0.1, 0.15) is 0 Å². The van der Waals surface area contributed by atoms with Crippen molar-refractivity contribution in [2.45, 2.75) is 12.8 Å². The summed E-state index contributed by atoms with van der Waals surface area (Å²) in [6.07, 6.45) is -3.01. The summed E-state index contributed by atoms with van der Waals surface area (Å²) in [6.45, 7) is -0.335. The van der Waals surface area contributed by atoms with Crippen LogP contribution in [0.2, 0.25) is 0 Å². The highest BCUT2D eigenvalue weighted by Crippen LogP contribution is 2.19. The van der Waals surface area contributed by atoms with Crippen molar-refractivity contribution < 1.29 is 22.3 Å². The molecule has 14 heavy (non-hydrogen) atoms. The van der Waals surface area contributed by atoms with Crippen molar-refractivity contribution in [3.05, 3.63) is 29.8 Å². The molecular weight excluding hydrogens is 200 g/mol. The number of benzene rings is 1. The van der Waals surface area contributed by atoms with Crippen LogP contribution in [0, 0.1) is 11.6 Å². The summed E-state index contributed by atoms with van der Waals surface area (Å²) >= 11 is 0. The van der Waals surface area contributed by atoms with Crippen LogP contribution in [0.25, 0.3) is 0 Å². The first-order valence-electron chi connectivity index (χ1n) is 3.96. The maximum Gasteiger partial charge on any atom is 0.241 e. The summed E-state index contributed by atoms with van der Waals surface area (Å²) in [5.41, 5.74) is 0. The number of halogens is 4. The van der Waals surface area contributed by atoms with Gasteiger partial charge in [-0.3, -0.25) is 0 Å². The van der Waals surface area contributed by atoms with Gasteiger partial charge in [0, 0.05) is 6.42 Å². The fourth-order valence-corrected chi connectivity index (χ4v) is 0.853. The third-order valence-electron chi connectivity index (χ3n) is 1.51. The lowest BCUT2D eigenvalue weighted by Gasteiger charge is -2.06. The van der Waals surface area contributed by atoms with Crippen LogP contribution in [0.15, 0.2) is 18.2 Å². The number of ether oxygens (including phenoxy) is 1. The van der Waals surface area contributed by atoms with E-state index in [0.717, 1.165) is 6.07 Å². The van der Waals surface area contributed by atoms with Crippen LogP contribution in [-0.4, -0.2) is 13.0 Å². The Bertz CT molecular complexity index is 301. The third-order valence-corrected chi connectivity index (χ3v) is 1.51. The van der Waals surface area contributed by atoms with Crippen molar-refractivity contribution in [3.8, 4) is 5.75 Å². The van der Waals surface area contributed by atoms with Crippen molar-refractivity contribution >= 4 is 0 Å². The molecule has 0 heterocycles. The summed E-state index contributed by atoms with van der Waals surface area (Å²) < 4.78 is 53.4. The van der Waals surface area contributed by atoms with Crippen LogP contribution in [0.5, 0.6) is 5.75 Å². The van der Waals surface area contributed by atoms with Crippen molar-refractivity contribution in [3.63, 3.8) is 0 Å². The normalized spacial score (nSPS) is 10.6. The van der Waals surface area contributed by atoms with Crippen LogP contribution < -0.4 is 4.74 Å². The molecule has 0 amide bonds. The second-order valence-corrected chi connectivity index (χ2v) is 2.58. The van der Waals surface area contributed by atoms with E-state index >= 15 is 0 Å². The zero-order chi connectivity index (χ0) is 10.6. The van der Waals surface area contributed by atoms with Crippen LogP contribution in [-0.2, 0) is 0 Å². The zero-order valence-electron chi connectivity index (χ0n) is 7.14. The molecule has 0 aliphatic heterocycles. The highest BCUT2D eigenvalue weighted by Gasteiger charge is 2.09. The van der Waals surface area contributed by atoms with E-state index in [1.54, 1.807) is 0 Å². The van der Waals surface area contributed by atoms with Crippen molar-refractivity contribution in [2.75, 3.05) is 6.61 Å². The smallest absolute Gasteiger partial charge is 0.241 e. The van der Waals surface area contributed by atoms with Gasteiger partial charge >= 0.3 is 0 Å². The van der Waals surface area contributed by atoms with Gasteiger partial charge in [-0.1, -0.05) is 6.07 Å². The maximum atomic E-state index is 12.8. The van der Waals surface area contributed by atoms with E-state index in [2.05, 4.69) is 4.74 Å². The van der Waals surface area contributed by atoms with Crippen LogP contribution >= 0.6 is 0 Å². The molecule has 0 saturated heterocycles. The van der Waals surface area contributed by atoms with Crippen molar-refractivity contribution in [1.29, 1.82) is 0 Å². The lowest BCUT2D eigenvalue weighted by molar-refractivity contribution is 0.113. The summed E-state index contributed by atoms with van der Waals surface area (Å²) in [7, 11) is 0. The quantitative estimate of drug-likeness (QED) is 0.691. The predicted octanol–water partition coefficient (Wildman–Crippen LogP) is 3.00. The van der Waals surface area contributed by atoms with Crippen molar-refractivity contribution in [2.24, 2.45) is 0 Å². The van der Waals surface area contributed by atoms with Gasteiger partial charge in [-0.2, -0.15) is 4.39 Å². The van der Waals surface area contributed by atoms with Crippen LogP contribution in [0.1, 0.15) is 6.42 Å². The minimum atomic E-state index is -2.51. The molecule has 5 heteroatoms. The highest BCUT2D eigenvalue weighted by molar-refractivity contribution is 5.24. The molecule has 78 valence electrons. The topological polar surface area (TPSA) is 9.23 Å². The molecule has 0 aromatic heterocycles. The molecule has 1 aromatic rings. The van der Waals surface area contributed by atoms with Gasteiger partial charge in [-0.25, -0.2) is 13.2 Å². The van der Waals surface area contributed by atoms with E-state index in [0.29, 0.717) is 0 Å². The summed E-state index contributed by atoms with van der Waals surface area (Å²) in [5, 5.41) is 0. The second kappa shape index (κ2) is 4.83. The Balaban J connectivity index is 2.54. The van der Waals surface area contributed by atoms with Gasteiger partial charge in [0.25, 0.3) is 0 Å². The molecule has 0 saturated carbocycles. The van der Waals surface area contributed by atoms with Gasteiger partial charge in [0.2, 0.25) is 12.2 Å². The van der Waals surface area contributed by atoms with Crippen molar-refractivity contribution in [1.82, 2.24) is 0 Å². The molecule has 0 unspecified atom stereocenters. The SMILES string of the molecule is Fc1cccc(OCCC(F)F)c1F. The number of hydrogen-bond acceptors (Lipinski definition) is 1. The Hall–Kier alpha value is -1.26. The Morgan fingerprint density at radius 2 is 1.93 bits per heavy atom. The van der Waals surface area contributed by atoms with Crippen LogP contribution in [0.3, 0.4) is 0 Å². The van der Waals surface area contributed by atoms with Gasteiger partial charge in [-0.05, 0) is 12.1 Å². The highest BCUT2D eigenvalue weighted by atomic mass is 19.3. The standard InChI is InChI=1S/C9H8F4O/c10-6-2-1-3-7(9(6)13)14-5-4-8(11)12/h1-3,8H,4-5H2. The zero-order valence-corrected chi connectivity index (χ0v) is 7.14. The van der Waals surface area contributed by atoms with E-state index in [9.17, 15) is 17.6 Å². The molecule has 0 atom stereocenters. The van der Waals surface area contributed by atoms with E-state index in [4.69, 9.17) is 0 Å². The Kier molecular flexibility index (Phi) is 3.73. The van der Waals surface area contributed by atoms with Gasteiger partial charge < -0.3 is 4.74 Å². The average molecular weight is 208 g/mol. The number of hydrogen-bond donors (Lipinski definition) is 0. The first kappa shape index (κ1) is 10.8. The largest absolute Gasteiger partial charge is 0.490 e. The monoisotopic (exact) mass is 208 g/mol. The predicted molar refractivity (Wildman–Crippen MR) is 42.5 cm³/mol. The first-order chi connectivity index (χ1) is 6.61. The Labute approximate surface area is 78.3 Å². The minimum Gasteiger partial charge on any atom is -0.490 e. The first-order valence-corrected chi connectivity index (χ1v) is 3.96. The van der Waals surface area contributed by atoms with Gasteiger partial charge in [0.15, 0.2) is 11.6 Å². The number of alkyl halides is 2. The summed E-state index contributed by atoms with van der Waals surface area (Å²) in [4.78, 5) is 0. The molecular formula is C9H8F4O. The molecule has 1 rings (SSSR count). The van der Waals surface area contributed by atoms with Gasteiger partial charge in [0.05, 0.1) is 6.61 Å². The third kappa shape index (κ3) is 2.90. The molecule has 0 fully saturated rings. The second-order valence-electron chi connectivity index (χ2n) is 2.58. The minimum absolute atomic E-state index is 0.335. The summed E-state index contributed by atoms with van der Waals surface area (Å²) in [5.74, 6) is -2.55. The fraction of sp³-hybridized carbons (Fsp3) is 0.333. The molecule has 0 aliphatic carbocycles. The van der Waals surface area contributed by atoms with E-state index in [1.807, 2.05) is 0 Å². The fourth-order valence-electron chi connectivity index (χ4n) is 0.853. The molecule has 0 aliphatic rings. The molecule has 0 bridgehead atoms. The maximum absolute atomic E-state index is 12.8. The molecule has 0 radical (unpaired) electrons. The lowest BCUT2D eigenvalue weighted by atomic mass is 10.3. The Morgan fingerprint density at radius 1 is 1.21 bits per heavy atom. The molecule has 0 spiro atoms. The van der Waals surface area contributed by atoms with E-state index in [1.165, 1.54) is 12.1 Å². The van der Waals surface area contributed by atoms with Crippen LogP contribution in [0.4, 0.5) is 17.6 Å². The lowest BCUT2D eigenvalue weighted by Crippen LogP contribution is -2.04. The average Bonchev–Trinajstić information content (AvgIpc) is 2.12. The van der Waals surface area contributed by atoms with Gasteiger partial charge in [-0.15, -0.1) is 0 Å².